The number of aromatic amines is 2. The summed E-state index contributed by atoms with van der Waals surface area (Å²) in [5.41, 5.74) is 1.53. The van der Waals surface area contributed by atoms with E-state index in [0.29, 0.717) is 18.5 Å². The third kappa shape index (κ3) is 3.01. The molecule has 3 rings (SSSR count). The Bertz CT molecular complexity index is 781. The number of H-pyrrole nitrogens is 2. The molecule has 2 heterocycles. The SMILES string of the molecule is O=C(NCCc1ncn[nH]1)c1c[nH]c2cc(Br)c(Br)cc12. The summed E-state index contributed by atoms with van der Waals surface area (Å²) in [5, 5.41) is 10.3. The highest BCUT2D eigenvalue weighted by Gasteiger charge is 2.13. The van der Waals surface area contributed by atoms with Crippen molar-refractivity contribution in [1.29, 1.82) is 0 Å². The molecule has 0 atom stereocenters. The van der Waals surface area contributed by atoms with Crippen LogP contribution < -0.4 is 5.32 Å². The Hall–Kier alpha value is -1.67. The Morgan fingerprint density at radius 3 is 2.86 bits per heavy atom. The van der Waals surface area contributed by atoms with E-state index in [-0.39, 0.29) is 5.91 Å². The molecule has 0 aliphatic carbocycles. The highest BCUT2D eigenvalue weighted by molar-refractivity contribution is 9.13. The molecule has 6 nitrogen and oxygen atoms in total. The lowest BCUT2D eigenvalue weighted by molar-refractivity contribution is 0.0955. The zero-order chi connectivity index (χ0) is 14.8. The summed E-state index contributed by atoms with van der Waals surface area (Å²) < 4.78 is 1.85. The first-order valence-corrected chi connectivity index (χ1v) is 7.82. The van der Waals surface area contributed by atoms with Crippen LogP contribution in [0.5, 0.6) is 0 Å². The van der Waals surface area contributed by atoms with Crippen LogP contribution in [0.1, 0.15) is 16.2 Å². The van der Waals surface area contributed by atoms with E-state index in [1.807, 2.05) is 12.1 Å². The van der Waals surface area contributed by atoms with Crippen LogP contribution in [0.3, 0.4) is 0 Å². The molecule has 0 radical (unpaired) electrons. The van der Waals surface area contributed by atoms with Gasteiger partial charge in [0.2, 0.25) is 0 Å². The molecule has 0 bridgehead atoms. The number of nitrogens with one attached hydrogen (secondary N) is 3. The molecule has 0 saturated carbocycles. The highest BCUT2D eigenvalue weighted by atomic mass is 79.9. The Morgan fingerprint density at radius 2 is 2.10 bits per heavy atom. The van der Waals surface area contributed by atoms with Crippen molar-refractivity contribution in [2.75, 3.05) is 6.54 Å². The van der Waals surface area contributed by atoms with E-state index >= 15 is 0 Å². The van der Waals surface area contributed by atoms with Crippen LogP contribution in [0.4, 0.5) is 0 Å². The predicted octanol–water partition coefficient (Wildman–Crippen LogP) is 2.78. The summed E-state index contributed by atoms with van der Waals surface area (Å²) in [6, 6.07) is 3.85. The fourth-order valence-corrected chi connectivity index (χ4v) is 2.73. The number of benzene rings is 1. The topological polar surface area (TPSA) is 86.5 Å². The third-order valence-electron chi connectivity index (χ3n) is 3.08. The first kappa shape index (κ1) is 14.3. The van der Waals surface area contributed by atoms with E-state index in [1.165, 1.54) is 6.33 Å². The van der Waals surface area contributed by atoms with Crippen molar-refractivity contribution in [2.45, 2.75) is 6.42 Å². The van der Waals surface area contributed by atoms with Crippen molar-refractivity contribution in [3.05, 3.63) is 45.0 Å². The smallest absolute Gasteiger partial charge is 0.253 e. The monoisotopic (exact) mass is 411 g/mol. The number of hydrogen-bond donors (Lipinski definition) is 3. The van der Waals surface area contributed by atoms with Gasteiger partial charge in [0.15, 0.2) is 0 Å². The number of amides is 1. The van der Waals surface area contributed by atoms with Crippen molar-refractivity contribution >= 4 is 48.7 Å². The Kier molecular flexibility index (Phi) is 4.07. The molecule has 2 aromatic heterocycles. The quantitative estimate of drug-likeness (QED) is 0.615. The van der Waals surface area contributed by atoms with Gasteiger partial charge in [0.1, 0.15) is 12.2 Å². The summed E-state index contributed by atoms with van der Waals surface area (Å²) in [7, 11) is 0. The fourth-order valence-electron chi connectivity index (χ4n) is 2.05. The molecule has 0 spiro atoms. The lowest BCUT2D eigenvalue weighted by Gasteiger charge is -2.03. The lowest BCUT2D eigenvalue weighted by Crippen LogP contribution is -2.25. The zero-order valence-electron chi connectivity index (χ0n) is 10.8. The first-order valence-electron chi connectivity index (χ1n) is 6.23. The molecular weight excluding hydrogens is 402 g/mol. The van der Waals surface area contributed by atoms with Crippen LogP contribution in [0.15, 0.2) is 33.6 Å². The number of nitrogens with zero attached hydrogens (tertiary/aromatic N) is 2. The van der Waals surface area contributed by atoms with Gasteiger partial charge in [-0.15, -0.1) is 0 Å². The maximum atomic E-state index is 12.2. The predicted molar refractivity (Wildman–Crippen MR) is 86.1 cm³/mol. The van der Waals surface area contributed by atoms with Crippen molar-refractivity contribution in [2.24, 2.45) is 0 Å². The largest absolute Gasteiger partial charge is 0.360 e. The summed E-state index contributed by atoms with van der Waals surface area (Å²) in [6.45, 7) is 0.498. The zero-order valence-corrected chi connectivity index (χ0v) is 14.0. The van der Waals surface area contributed by atoms with Gasteiger partial charge < -0.3 is 10.3 Å². The van der Waals surface area contributed by atoms with Gasteiger partial charge in [0.25, 0.3) is 5.91 Å². The van der Waals surface area contributed by atoms with Crippen LogP contribution in [0.2, 0.25) is 0 Å². The minimum atomic E-state index is -0.116. The van der Waals surface area contributed by atoms with E-state index < -0.39 is 0 Å². The second-order valence-electron chi connectivity index (χ2n) is 4.45. The molecule has 0 aliphatic heterocycles. The maximum Gasteiger partial charge on any atom is 0.253 e. The van der Waals surface area contributed by atoms with Gasteiger partial charge in [-0.3, -0.25) is 9.89 Å². The molecule has 21 heavy (non-hydrogen) atoms. The molecule has 0 saturated heterocycles. The van der Waals surface area contributed by atoms with Crippen LogP contribution in [0, 0.1) is 0 Å². The minimum Gasteiger partial charge on any atom is -0.360 e. The highest BCUT2D eigenvalue weighted by Crippen LogP contribution is 2.29. The standard InChI is InChI=1S/C13H11Br2N5O/c14-9-3-7-8(5-17-11(7)4-10(9)15)13(21)16-2-1-12-18-6-19-20-12/h3-6,17H,1-2H2,(H,16,21)(H,18,19,20). The number of hydrogen-bond acceptors (Lipinski definition) is 3. The second-order valence-corrected chi connectivity index (χ2v) is 6.16. The molecule has 0 fully saturated rings. The molecular formula is C13H11Br2N5O. The maximum absolute atomic E-state index is 12.2. The Morgan fingerprint density at radius 1 is 1.29 bits per heavy atom. The van der Waals surface area contributed by atoms with Crippen molar-refractivity contribution in [3.63, 3.8) is 0 Å². The Balaban J connectivity index is 1.74. The minimum absolute atomic E-state index is 0.116. The third-order valence-corrected chi connectivity index (χ3v) is 4.92. The van der Waals surface area contributed by atoms with Gasteiger partial charge >= 0.3 is 0 Å². The van der Waals surface area contributed by atoms with Gasteiger partial charge in [-0.25, -0.2) is 4.98 Å². The van der Waals surface area contributed by atoms with E-state index in [2.05, 4.69) is 57.3 Å². The van der Waals surface area contributed by atoms with Crippen molar-refractivity contribution < 1.29 is 4.79 Å². The van der Waals surface area contributed by atoms with E-state index in [1.54, 1.807) is 6.20 Å². The van der Waals surface area contributed by atoms with Crippen LogP contribution in [-0.2, 0) is 6.42 Å². The molecule has 0 unspecified atom stereocenters. The molecule has 3 aromatic rings. The van der Waals surface area contributed by atoms with Gasteiger partial charge in [0, 0.05) is 39.0 Å². The number of halogens is 2. The number of rotatable bonds is 4. The fraction of sp³-hybridized carbons (Fsp3) is 0.154. The lowest BCUT2D eigenvalue weighted by atomic mass is 10.1. The van der Waals surface area contributed by atoms with E-state index in [4.69, 9.17) is 0 Å². The van der Waals surface area contributed by atoms with Crippen LogP contribution in [0.25, 0.3) is 10.9 Å². The summed E-state index contributed by atoms with van der Waals surface area (Å²) in [5.74, 6) is 0.635. The summed E-state index contributed by atoms with van der Waals surface area (Å²) in [6.07, 6.45) is 3.78. The van der Waals surface area contributed by atoms with Crippen LogP contribution in [-0.4, -0.2) is 32.6 Å². The van der Waals surface area contributed by atoms with Gasteiger partial charge in [-0.1, -0.05) is 0 Å². The van der Waals surface area contributed by atoms with E-state index in [0.717, 1.165) is 25.7 Å². The average Bonchev–Trinajstić information content (AvgIpc) is 3.09. The first-order chi connectivity index (χ1) is 10.1. The number of fused-ring (bicyclic) bond motifs is 1. The summed E-state index contributed by atoms with van der Waals surface area (Å²) >= 11 is 6.89. The van der Waals surface area contributed by atoms with E-state index in [9.17, 15) is 4.79 Å². The van der Waals surface area contributed by atoms with Gasteiger partial charge in [-0.2, -0.15) is 5.10 Å². The second kappa shape index (κ2) is 5.98. The van der Waals surface area contributed by atoms with Crippen molar-refractivity contribution in [3.8, 4) is 0 Å². The average molecular weight is 413 g/mol. The molecule has 0 aliphatic rings. The van der Waals surface area contributed by atoms with Crippen molar-refractivity contribution in [1.82, 2.24) is 25.5 Å². The summed E-state index contributed by atoms with van der Waals surface area (Å²) in [4.78, 5) is 19.4. The normalized spacial score (nSPS) is 11.0. The van der Waals surface area contributed by atoms with Gasteiger partial charge in [-0.05, 0) is 44.0 Å². The molecule has 108 valence electrons. The Labute approximate surface area is 137 Å². The molecule has 1 aromatic carbocycles. The number of carbonyl (C=O) groups is 1. The number of aromatic nitrogens is 4. The molecule has 1 amide bonds. The van der Waals surface area contributed by atoms with Crippen LogP contribution >= 0.6 is 31.9 Å². The van der Waals surface area contributed by atoms with Gasteiger partial charge in [0.05, 0.1) is 5.56 Å². The molecule has 3 N–H and O–H groups in total. The molecule has 8 heteroatoms. The number of carbonyl (C=O) groups excluding carboxylic acids is 1.